The van der Waals surface area contributed by atoms with Gasteiger partial charge in [0.25, 0.3) is 0 Å². The zero-order chi connectivity index (χ0) is 14.7. The van der Waals surface area contributed by atoms with E-state index in [4.69, 9.17) is 16.3 Å². The molecule has 0 fully saturated rings. The van der Waals surface area contributed by atoms with Crippen LogP contribution in [0.4, 0.5) is 0 Å². The number of hydrogen-bond donors (Lipinski definition) is 0. The SMILES string of the molecule is CCOc1ccc(C(Br)c2ccc(C)cc2Cl)c(Br)c1. The van der Waals surface area contributed by atoms with Gasteiger partial charge >= 0.3 is 0 Å². The van der Waals surface area contributed by atoms with Gasteiger partial charge in [0.2, 0.25) is 0 Å². The number of benzene rings is 2. The van der Waals surface area contributed by atoms with Crippen molar-refractivity contribution < 1.29 is 4.74 Å². The first kappa shape index (κ1) is 15.9. The standard InChI is InChI=1S/C16H15Br2ClO/c1-3-20-11-5-7-12(14(17)9-11)16(18)13-6-4-10(2)8-15(13)19/h4-9,16H,3H2,1-2H3. The molecule has 0 aliphatic heterocycles. The van der Waals surface area contributed by atoms with Gasteiger partial charge in [0.05, 0.1) is 11.4 Å². The van der Waals surface area contributed by atoms with E-state index in [-0.39, 0.29) is 4.83 Å². The summed E-state index contributed by atoms with van der Waals surface area (Å²) in [4.78, 5) is 0.0423. The van der Waals surface area contributed by atoms with Gasteiger partial charge in [-0.05, 0) is 48.7 Å². The Hall–Kier alpha value is -0.510. The predicted molar refractivity (Wildman–Crippen MR) is 92.3 cm³/mol. The smallest absolute Gasteiger partial charge is 0.120 e. The summed E-state index contributed by atoms with van der Waals surface area (Å²) in [7, 11) is 0. The van der Waals surface area contributed by atoms with Gasteiger partial charge in [-0.3, -0.25) is 0 Å². The van der Waals surface area contributed by atoms with Crippen molar-refractivity contribution in [2.45, 2.75) is 18.7 Å². The number of alkyl halides is 1. The van der Waals surface area contributed by atoms with E-state index in [0.717, 1.165) is 31.9 Å². The van der Waals surface area contributed by atoms with Crippen molar-refractivity contribution in [2.75, 3.05) is 6.61 Å². The van der Waals surface area contributed by atoms with Crippen LogP contribution in [0, 0.1) is 6.92 Å². The Kier molecular flexibility index (Phi) is 5.53. The largest absolute Gasteiger partial charge is 0.494 e. The van der Waals surface area contributed by atoms with Gasteiger partial charge < -0.3 is 4.74 Å². The fourth-order valence-electron chi connectivity index (χ4n) is 1.98. The molecule has 0 bridgehead atoms. The van der Waals surface area contributed by atoms with E-state index in [1.54, 1.807) is 0 Å². The molecule has 2 aromatic rings. The lowest BCUT2D eigenvalue weighted by molar-refractivity contribution is 0.340. The Balaban J connectivity index is 2.35. The van der Waals surface area contributed by atoms with Crippen LogP contribution in [0.15, 0.2) is 40.9 Å². The van der Waals surface area contributed by atoms with Gasteiger partial charge in [-0.15, -0.1) is 0 Å². The van der Waals surface area contributed by atoms with Crippen LogP contribution < -0.4 is 4.74 Å². The molecule has 2 aromatic carbocycles. The van der Waals surface area contributed by atoms with Gasteiger partial charge in [0.15, 0.2) is 0 Å². The molecule has 0 N–H and O–H groups in total. The van der Waals surface area contributed by atoms with Crippen LogP contribution in [0.1, 0.15) is 28.4 Å². The summed E-state index contributed by atoms with van der Waals surface area (Å²) in [5, 5.41) is 0.771. The van der Waals surface area contributed by atoms with Crippen molar-refractivity contribution in [1.82, 2.24) is 0 Å². The Morgan fingerprint density at radius 3 is 2.45 bits per heavy atom. The van der Waals surface area contributed by atoms with E-state index in [0.29, 0.717) is 6.61 Å². The van der Waals surface area contributed by atoms with Crippen molar-refractivity contribution in [3.05, 3.63) is 62.6 Å². The van der Waals surface area contributed by atoms with E-state index in [9.17, 15) is 0 Å². The first-order chi connectivity index (χ1) is 9.52. The summed E-state index contributed by atoms with van der Waals surface area (Å²) in [6, 6.07) is 12.1. The number of halogens is 3. The maximum absolute atomic E-state index is 6.34. The minimum atomic E-state index is 0.0423. The normalized spacial score (nSPS) is 12.2. The molecule has 1 unspecified atom stereocenters. The third-order valence-corrected chi connectivity index (χ3v) is 4.99. The molecule has 0 heterocycles. The highest BCUT2D eigenvalue weighted by atomic mass is 79.9. The second-order valence-electron chi connectivity index (χ2n) is 4.50. The maximum atomic E-state index is 6.34. The van der Waals surface area contributed by atoms with Crippen LogP contribution in [0.25, 0.3) is 0 Å². The maximum Gasteiger partial charge on any atom is 0.120 e. The molecule has 1 atom stereocenters. The first-order valence-electron chi connectivity index (χ1n) is 6.35. The lowest BCUT2D eigenvalue weighted by atomic mass is 10.0. The lowest BCUT2D eigenvalue weighted by Crippen LogP contribution is -1.97. The molecule has 0 aromatic heterocycles. The van der Waals surface area contributed by atoms with Gasteiger partial charge in [0.1, 0.15) is 5.75 Å². The zero-order valence-electron chi connectivity index (χ0n) is 11.3. The first-order valence-corrected chi connectivity index (χ1v) is 8.44. The minimum absolute atomic E-state index is 0.0423. The number of rotatable bonds is 4. The molecule has 2 rings (SSSR count). The predicted octanol–water partition coefficient (Wildman–Crippen LogP) is 6.29. The van der Waals surface area contributed by atoms with Crippen LogP contribution >= 0.6 is 43.5 Å². The molecule has 0 spiro atoms. The summed E-state index contributed by atoms with van der Waals surface area (Å²) in [6.07, 6.45) is 0. The molecule has 0 aliphatic carbocycles. The van der Waals surface area contributed by atoms with Gasteiger partial charge in [0, 0.05) is 9.50 Å². The van der Waals surface area contributed by atoms with E-state index in [1.807, 2.05) is 38.1 Å². The Bertz CT molecular complexity index is 613. The lowest BCUT2D eigenvalue weighted by Gasteiger charge is -2.16. The summed E-state index contributed by atoms with van der Waals surface area (Å²) < 4.78 is 6.50. The van der Waals surface area contributed by atoms with Crippen LogP contribution in [-0.2, 0) is 0 Å². The molecule has 20 heavy (non-hydrogen) atoms. The second-order valence-corrected chi connectivity index (χ2v) is 6.68. The molecular weight excluding hydrogens is 403 g/mol. The van der Waals surface area contributed by atoms with Crippen LogP contribution in [-0.4, -0.2) is 6.61 Å². The van der Waals surface area contributed by atoms with Crippen LogP contribution in [0.3, 0.4) is 0 Å². The Morgan fingerprint density at radius 2 is 1.85 bits per heavy atom. The highest BCUT2D eigenvalue weighted by Crippen LogP contribution is 2.39. The summed E-state index contributed by atoms with van der Waals surface area (Å²) in [5.74, 6) is 0.859. The number of aryl methyl sites for hydroxylation is 1. The third-order valence-electron chi connectivity index (χ3n) is 2.98. The summed E-state index contributed by atoms with van der Waals surface area (Å²) in [5.41, 5.74) is 3.34. The average molecular weight is 419 g/mol. The van der Waals surface area contributed by atoms with E-state index >= 15 is 0 Å². The molecule has 0 aliphatic rings. The summed E-state index contributed by atoms with van der Waals surface area (Å²) >= 11 is 13.7. The monoisotopic (exact) mass is 416 g/mol. The summed E-state index contributed by atoms with van der Waals surface area (Å²) in [6.45, 7) is 4.67. The van der Waals surface area contributed by atoms with E-state index < -0.39 is 0 Å². The van der Waals surface area contributed by atoms with Crippen LogP contribution in [0.2, 0.25) is 5.02 Å². The molecule has 0 radical (unpaired) electrons. The fourth-order valence-corrected chi connectivity index (χ4v) is 4.14. The average Bonchev–Trinajstić information content (AvgIpc) is 2.38. The quantitative estimate of drug-likeness (QED) is 0.530. The zero-order valence-corrected chi connectivity index (χ0v) is 15.2. The van der Waals surface area contributed by atoms with E-state index in [2.05, 4.69) is 44.0 Å². The van der Waals surface area contributed by atoms with Gasteiger partial charge in [-0.25, -0.2) is 0 Å². The van der Waals surface area contributed by atoms with Crippen molar-refractivity contribution >= 4 is 43.5 Å². The fraction of sp³-hybridized carbons (Fsp3) is 0.250. The molecule has 0 saturated heterocycles. The van der Waals surface area contributed by atoms with Gasteiger partial charge in [-0.1, -0.05) is 61.7 Å². The van der Waals surface area contributed by atoms with Crippen molar-refractivity contribution in [2.24, 2.45) is 0 Å². The molecule has 0 saturated carbocycles. The second kappa shape index (κ2) is 6.97. The Morgan fingerprint density at radius 1 is 1.15 bits per heavy atom. The molecule has 0 amide bonds. The van der Waals surface area contributed by atoms with Crippen molar-refractivity contribution in [1.29, 1.82) is 0 Å². The number of hydrogen-bond acceptors (Lipinski definition) is 1. The topological polar surface area (TPSA) is 9.23 Å². The number of ether oxygens (including phenoxy) is 1. The molecule has 1 nitrogen and oxygen atoms in total. The highest BCUT2D eigenvalue weighted by Gasteiger charge is 2.17. The van der Waals surface area contributed by atoms with Crippen LogP contribution in [0.5, 0.6) is 5.75 Å². The molecule has 106 valence electrons. The van der Waals surface area contributed by atoms with Gasteiger partial charge in [-0.2, -0.15) is 0 Å². The van der Waals surface area contributed by atoms with Crippen molar-refractivity contribution in [3.8, 4) is 5.75 Å². The third kappa shape index (κ3) is 3.57. The highest BCUT2D eigenvalue weighted by molar-refractivity contribution is 9.11. The molecular formula is C16H15Br2ClO. The molecule has 4 heteroatoms. The minimum Gasteiger partial charge on any atom is -0.494 e. The Labute approximate surface area is 141 Å². The van der Waals surface area contributed by atoms with E-state index in [1.165, 1.54) is 0 Å². The van der Waals surface area contributed by atoms with Crippen molar-refractivity contribution in [3.63, 3.8) is 0 Å².